The first-order valence-electron chi connectivity index (χ1n) is 10.4. The smallest absolute Gasteiger partial charge is 0.203 e. The Labute approximate surface area is 202 Å². The number of benzene rings is 2. The molecule has 0 radical (unpaired) electrons. The molecule has 0 aliphatic carbocycles. The number of quaternary nitrogens is 1. The van der Waals surface area contributed by atoms with Gasteiger partial charge in [0, 0.05) is 12.1 Å². The zero-order valence-corrected chi connectivity index (χ0v) is 19.8. The summed E-state index contributed by atoms with van der Waals surface area (Å²) in [5, 5.41) is 49.7. The second-order valence-corrected chi connectivity index (χ2v) is 7.27. The molecule has 3 unspecified atom stereocenters. The molecule has 2 aromatic carbocycles. The van der Waals surface area contributed by atoms with Crippen molar-refractivity contribution in [2.24, 2.45) is 0 Å². The Kier molecular flexibility index (Phi) is 12.1. The van der Waals surface area contributed by atoms with Gasteiger partial charge < -0.3 is 59.4 Å². The van der Waals surface area contributed by atoms with Crippen LogP contribution in [0.2, 0.25) is 0 Å². The second kappa shape index (κ2) is 14.5. The Morgan fingerprint density at radius 3 is 1.89 bits per heavy atom. The quantitative estimate of drug-likeness (QED) is 0.237. The zero-order valence-electron chi connectivity index (χ0n) is 19.8. The molecule has 0 aromatic heterocycles. The second-order valence-electron chi connectivity index (χ2n) is 7.27. The fraction of sp³-hybridized carbons (Fsp3) is 0.391. The highest BCUT2D eigenvalue weighted by molar-refractivity contribution is 6.25. The van der Waals surface area contributed by atoms with E-state index in [-0.39, 0.29) is 18.4 Å². The minimum atomic E-state index is -2.19. The minimum absolute atomic E-state index is 0.0666. The third-order valence-electron chi connectivity index (χ3n) is 4.76. The topological polar surface area (TPSA) is 194 Å². The van der Waals surface area contributed by atoms with Crippen LogP contribution in [0.3, 0.4) is 0 Å². The highest BCUT2D eigenvalue weighted by Crippen LogP contribution is 2.40. The lowest BCUT2D eigenvalue weighted by molar-refractivity contribution is -0.699. The summed E-state index contributed by atoms with van der Waals surface area (Å²) in [4.78, 5) is 17.9. The molecular formula is C23H30NO11-. The summed E-state index contributed by atoms with van der Waals surface area (Å²) < 4.78 is 21.5. The van der Waals surface area contributed by atoms with E-state index in [1.807, 2.05) is 12.2 Å². The lowest BCUT2D eigenvalue weighted by Crippen LogP contribution is -2.92. The van der Waals surface area contributed by atoms with E-state index >= 15 is 0 Å². The van der Waals surface area contributed by atoms with Crippen LogP contribution in [0.25, 0.3) is 0 Å². The summed E-state index contributed by atoms with van der Waals surface area (Å²) in [6, 6.07) is 9.55. The van der Waals surface area contributed by atoms with Crippen LogP contribution in [0, 0.1) is 0 Å². The number of ether oxygens (including phenoxy) is 4. The van der Waals surface area contributed by atoms with Crippen LogP contribution in [-0.2, 0) is 9.59 Å². The van der Waals surface area contributed by atoms with Crippen LogP contribution in [0.1, 0.15) is 18.6 Å². The number of carbonyl (C=O) groups is 2. The largest absolute Gasteiger partial charge is 0.543 e. The summed E-state index contributed by atoms with van der Waals surface area (Å²) in [5.41, 5.74) is 0.703. The average molecular weight is 496 g/mol. The van der Waals surface area contributed by atoms with Gasteiger partial charge in [0.2, 0.25) is 5.75 Å². The maximum Gasteiger partial charge on any atom is 0.203 e. The Hall–Kier alpha value is -3.74. The van der Waals surface area contributed by atoms with E-state index in [0.717, 1.165) is 0 Å². The summed E-state index contributed by atoms with van der Waals surface area (Å²) >= 11 is 0. The third-order valence-corrected chi connectivity index (χ3v) is 4.76. The normalized spacial score (nSPS) is 12.9. The van der Waals surface area contributed by atoms with Crippen LogP contribution in [0.4, 0.5) is 0 Å². The average Bonchev–Trinajstić information content (AvgIpc) is 2.85. The van der Waals surface area contributed by atoms with E-state index in [4.69, 9.17) is 38.7 Å². The Morgan fingerprint density at radius 2 is 1.46 bits per heavy atom. The minimum Gasteiger partial charge on any atom is -0.543 e. The summed E-state index contributed by atoms with van der Waals surface area (Å²) in [7, 11) is 4.56. The standard InChI is InChI=1S/C21H29NO7.C2H2O4/c1-13(20(25)14-5-7-15(23)8-6-14)22-11-16(24)12-29-17-9-18(26-2)21(28-4)19(10-17)27-3;3-1(4)2(5)6/h5-10,13,16,20,22-25H,11-12H2,1-4H3;(H,3,4)(H,5,6)/p-1. The maximum absolute atomic E-state index is 10.4. The molecule has 12 heteroatoms. The van der Waals surface area contributed by atoms with Gasteiger partial charge in [-0.25, -0.2) is 0 Å². The van der Waals surface area contributed by atoms with Crippen molar-refractivity contribution in [3.8, 4) is 28.7 Å². The third kappa shape index (κ3) is 9.57. The van der Waals surface area contributed by atoms with Crippen LogP contribution < -0.4 is 34.5 Å². The van der Waals surface area contributed by atoms with Crippen LogP contribution in [0.5, 0.6) is 28.7 Å². The lowest BCUT2D eigenvalue weighted by atomic mass is 10.0. The van der Waals surface area contributed by atoms with Crippen molar-refractivity contribution in [2.45, 2.75) is 25.2 Å². The summed E-state index contributed by atoms with van der Waals surface area (Å²) in [5.74, 6) is -2.34. The molecule has 12 nitrogen and oxygen atoms in total. The molecule has 194 valence electrons. The molecule has 2 aromatic rings. The zero-order chi connectivity index (χ0) is 26.5. The predicted octanol–water partition coefficient (Wildman–Crippen LogP) is -2.67. The van der Waals surface area contributed by atoms with Gasteiger partial charge in [0.25, 0.3) is 0 Å². The molecule has 0 bridgehead atoms. The fourth-order valence-corrected chi connectivity index (χ4v) is 2.88. The molecule has 5 N–H and O–H groups in total. The number of carboxylic acid groups (broad SMARTS) is 2. The fourth-order valence-electron chi connectivity index (χ4n) is 2.88. The molecule has 0 spiro atoms. The van der Waals surface area contributed by atoms with Crippen molar-refractivity contribution in [1.29, 1.82) is 0 Å². The number of carboxylic acids is 2. The number of carbonyl (C=O) groups excluding carboxylic acids is 2. The van der Waals surface area contributed by atoms with E-state index in [1.54, 1.807) is 24.3 Å². The van der Waals surface area contributed by atoms with Crippen molar-refractivity contribution in [3.63, 3.8) is 0 Å². The van der Waals surface area contributed by atoms with Gasteiger partial charge in [-0.2, -0.15) is 0 Å². The van der Waals surface area contributed by atoms with E-state index in [1.165, 1.54) is 33.5 Å². The molecule has 0 amide bonds. The van der Waals surface area contributed by atoms with E-state index in [2.05, 4.69) is 0 Å². The first-order valence-corrected chi connectivity index (χ1v) is 10.4. The molecule has 35 heavy (non-hydrogen) atoms. The van der Waals surface area contributed by atoms with Crippen molar-refractivity contribution < 1.29 is 59.4 Å². The number of aromatic hydroxyl groups is 1. The lowest BCUT2D eigenvalue weighted by Gasteiger charge is -2.20. The Bertz CT molecular complexity index is 912. The highest BCUT2D eigenvalue weighted by atomic mass is 16.5. The number of aliphatic hydroxyl groups excluding tert-OH is 2. The van der Waals surface area contributed by atoms with Crippen LogP contribution >= 0.6 is 0 Å². The molecular weight excluding hydrogens is 466 g/mol. The Morgan fingerprint density at radius 1 is 0.943 bits per heavy atom. The van der Waals surface area contributed by atoms with Gasteiger partial charge >= 0.3 is 0 Å². The number of rotatable bonds is 11. The number of hydrogen-bond acceptors (Lipinski definition) is 11. The molecule has 2 rings (SSSR count). The van der Waals surface area contributed by atoms with Gasteiger partial charge in [-0.05, 0) is 24.6 Å². The van der Waals surface area contributed by atoms with Gasteiger partial charge in [-0.1, -0.05) is 12.1 Å². The molecule has 0 aliphatic rings. The SMILES string of the molecule is COc1cc(OCC(O)C[NH2+]C(C)C(O)c2ccc(O)cc2)cc(OC)c1OC.O=C([O-])C(=O)[O-]. The highest BCUT2D eigenvalue weighted by Gasteiger charge is 2.21. The van der Waals surface area contributed by atoms with Gasteiger partial charge in [-0.15, -0.1) is 0 Å². The number of nitrogens with two attached hydrogens (primary N) is 1. The van der Waals surface area contributed by atoms with Crippen molar-refractivity contribution in [1.82, 2.24) is 0 Å². The molecule has 0 fully saturated rings. The Balaban J connectivity index is 0.000000905. The molecule has 0 heterocycles. The summed E-state index contributed by atoms with van der Waals surface area (Å²) in [6.45, 7) is 2.28. The number of aliphatic carboxylic acids is 2. The molecule has 0 saturated carbocycles. The van der Waals surface area contributed by atoms with Crippen LogP contribution in [-0.4, -0.2) is 73.9 Å². The van der Waals surface area contributed by atoms with Crippen LogP contribution in [0.15, 0.2) is 36.4 Å². The monoisotopic (exact) mass is 496 g/mol. The number of phenols is 1. The van der Waals surface area contributed by atoms with E-state index in [9.17, 15) is 15.3 Å². The number of methoxy groups -OCH3 is 3. The van der Waals surface area contributed by atoms with Crippen molar-refractivity contribution in [3.05, 3.63) is 42.0 Å². The number of aliphatic hydroxyl groups is 2. The van der Waals surface area contributed by atoms with Crippen molar-refractivity contribution in [2.75, 3.05) is 34.5 Å². The number of hydrogen-bond donors (Lipinski definition) is 4. The van der Waals surface area contributed by atoms with Gasteiger partial charge in [0.1, 0.15) is 42.9 Å². The van der Waals surface area contributed by atoms with E-state index < -0.39 is 24.1 Å². The van der Waals surface area contributed by atoms with Gasteiger partial charge in [-0.3, -0.25) is 0 Å². The first kappa shape index (κ1) is 29.3. The van der Waals surface area contributed by atoms with Gasteiger partial charge in [0.05, 0.1) is 33.3 Å². The van der Waals surface area contributed by atoms with E-state index in [0.29, 0.717) is 35.1 Å². The van der Waals surface area contributed by atoms with Gasteiger partial charge in [0.15, 0.2) is 11.5 Å². The molecule has 0 aliphatic heterocycles. The molecule has 3 atom stereocenters. The summed E-state index contributed by atoms with van der Waals surface area (Å²) in [6.07, 6.45) is -1.47. The maximum atomic E-state index is 10.4. The van der Waals surface area contributed by atoms with Crippen molar-refractivity contribution >= 4 is 11.9 Å². The number of phenolic OH excluding ortho intramolecular Hbond substituents is 1. The predicted molar refractivity (Wildman–Crippen MR) is 117 cm³/mol. The first-order chi connectivity index (χ1) is 16.5. The molecule has 0 saturated heterocycles.